The predicted octanol–water partition coefficient (Wildman–Crippen LogP) is -0.0440. The molecule has 1 aromatic carbocycles. The Hall–Kier alpha value is -1.80. The number of hydrogen-bond donors (Lipinski definition) is 2. The standard InChI is InChI=1S/C13H22N4O3S/c1-16(2)12-6-5-10(14)9-11(12)13(18)15-7-8-21(19,20)17(3)4/h5-6,9H,7-8,14H2,1-4H3,(H,15,18). The smallest absolute Gasteiger partial charge is 0.253 e. The number of carbonyl (C=O) groups excluding carboxylic acids is 1. The van der Waals surface area contributed by atoms with Gasteiger partial charge in [-0.25, -0.2) is 12.7 Å². The minimum absolute atomic E-state index is 0.0427. The van der Waals surface area contributed by atoms with Crippen LogP contribution in [0, 0.1) is 0 Å². The Morgan fingerprint density at radius 3 is 2.38 bits per heavy atom. The lowest BCUT2D eigenvalue weighted by Gasteiger charge is -2.18. The van der Waals surface area contributed by atoms with E-state index in [1.54, 1.807) is 23.1 Å². The van der Waals surface area contributed by atoms with E-state index in [4.69, 9.17) is 5.73 Å². The quantitative estimate of drug-likeness (QED) is 0.718. The first-order chi connectivity index (χ1) is 9.65. The third-order valence-electron chi connectivity index (χ3n) is 2.95. The van der Waals surface area contributed by atoms with Gasteiger partial charge in [0.05, 0.1) is 11.3 Å². The lowest BCUT2D eigenvalue weighted by molar-refractivity contribution is 0.0956. The Kier molecular flexibility index (Phi) is 5.56. The molecule has 0 atom stereocenters. The molecule has 1 aromatic rings. The van der Waals surface area contributed by atoms with Crippen LogP contribution < -0.4 is 16.0 Å². The van der Waals surface area contributed by atoms with Crippen LogP contribution in [0.4, 0.5) is 11.4 Å². The molecule has 0 aliphatic heterocycles. The molecule has 0 fully saturated rings. The molecule has 8 heteroatoms. The van der Waals surface area contributed by atoms with Crippen LogP contribution in [0.2, 0.25) is 0 Å². The maximum absolute atomic E-state index is 12.2. The third kappa shape index (κ3) is 4.61. The Morgan fingerprint density at radius 1 is 1.24 bits per heavy atom. The largest absolute Gasteiger partial charge is 0.399 e. The molecule has 0 radical (unpaired) electrons. The molecule has 1 rings (SSSR count). The predicted molar refractivity (Wildman–Crippen MR) is 85.0 cm³/mol. The molecule has 21 heavy (non-hydrogen) atoms. The van der Waals surface area contributed by atoms with Crippen molar-refractivity contribution in [3.63, 3.8) is 0 Å². The van der Waals surface area contributed by atoms with Gasteiger partial charge in [-0.1, -0.05) is 0 Å². The summed E-state index contributed by atoms with van der Waals surface area (Å²) in [6, 6.07) is 5.04. The van der Waals surface area contributed by atoms with Crippen molar-refractivity contribution in [3.05, 3.63) is 23.8 Å². The summed E-state index contributed by atoms with van der Waals surface area (Å²) in [4.78, 5) is 14.0. The zero-order valence-electron chi connectivity index (χ0n) is 12.8. The summed E-state index contributed by atoms with van der Waals surface area (Å²) in [6.45, 7) is 0.0427. The van der Waals surface area contributed by atoms with Gasteiger partial charge in [0.2, 0.25) is 10.0 Å². The molecule has 0 unspecified atom stereocenters. The average molecular weight is 314 g/mol. The first-order valence-electron chi connectivity index (χ1n) is 6.40. The molecule has 0 aliphatic carbocycles. The molecular weight excluding hydrogens is 292 g/mol. The van der Waals surface area contributed by atoms with Gasteiger partial charge in [-0.3, -0.25) is 4.79 Å². The molecule has 7 nitrogen and oxygen atoms in total. The Balaban J connectivity index is 2.79. The summed E-state index contributed by atoms with van der Waals surface area (Å²) >= 11 is 0. The lowest BCUT2D eigenvalue weighted by Crippen LogP contribution is -2.34. The summed E-state index contributed by atoms with van der Waals surface area (Å²) in [6.07, 6.45) is 0. The maximum atomic E-state index is 12.2. The number of hydrogen-bond acceptors (Lipinski definition) is 5. The van der Waals surface area contributed by atoms with Gasteiger partial charge < -0.3 is 16.0 Å². The molecule has 1 amide bonds. The molecule has 0 aliphatic rings. The van der Waals surface area contributed by atoms with Crippen LogP contribution in [0.25, 0.3) is 0 Å². The van der Waals surface area contributed by atoms with Crippen LogP contribution in [-0.4, -0.2) is 59.1 Å². The molecule has 0 spiro atoms. The summed E-state index contributed by atoms with van der Waals surface area (Å²) < 4.78 is 24.4. The number of amides is 1. The zero-order valence-corrected chi connectivity index (χ0v) is 13.6. The topological polar surface area (TPSA) is 95.7 Å². The second-order valence-corrected chi connectivity index (χ2v) is 7.33. The third-order valence-corrected chi connectivity index (χ3v) is 4.78. The molecule has 0 saturated carbocycles. The molecule has 0 saturated heterocycles. The Bertz CT molecular complexity index is 612. The number of benzene rings is 1. The first-order valence-corrected chi connectivity index (χ1v) is 8.01. The van der Waals surface area contributed by atoms with Crippen molar-refractivity contribution in [2.45, 2.75) is 0 Å². The first kappa shape index (κ1) is 17.3. The second kappa shape index (κ2) is 6.77. The van der Waals surface area contributed by atoms with Gasteiger partial charge in [0.25, 0.3) is 5.91 Å². The van der Waals surface area contributed by atoms with E-state index in [2.05, 4.69) is 5.32 Å². The molecule has 118 valence electrons. The fourth-order valence-corrected chi connectivity index (χ4v) is 2.42. The van der Waals surface area contributed by atoms with Crippen molar-refractivity contribution in [1.82, 2.24) is 9.62 Å². The zero-order chi connectivity index (χ0) is 16.2. The van der Waals surface area contributed by atoms with Gasteiger partial charge in [-0.2, -0.15) is 0 Å². The monoisotopic (exact) mass is 314 g/mol. The van der Waals surface area contributed by atoms with Crippen LogP contribution in [-0.2, 0) is 10.0 Å². The van der Waals surface area contributed by atoms with E-state index in [0.29, 0.717) is 11.3 Å². The summed E-state index contributed by atoms with van der Waals surface area (Å²) in [5.41, 5.74) is 7.32. The number of nitrogens with one attached hydrogen (secondary N) is 1. The van der Waals surface area contributed by atoms with Crippen LogP contribution >= 0.6 is 0 Å². The van der Waals surface area contributed by atoms with E-state index in [-0.39, 0.29) is 18.2 Å². The van der Waals surface area contributed by atoms with Crippen molar-refractivity contribution in [3.8, 4) is 0 Å². The van der Waals surface area contributed by atoms with E-state index < -0.39 is 10.0 Å². The van der Waals surface area contributed by atoms with E-state index in [1.807, 2.05) is 14.1 Å². The normalized spacial score (nSPS) is 11.5. The van der Waals surface area contributed by atoms with Crippen molar-refractivity contribution < 1.29 is 13.2 Å². The number of anilines is 2. The number of nitrogens with two attached hydrogens (primary N) is 1. The fraction of sp³-hybridized carbons (Fsp3) is 0.462. The number of carbonyl (C=O) groups is 1. The SMILES string of the molecule is CN(C)c1ccc(N)cc1C(=O)NCCS(=O)(=O)N(C)C. The van der Waals surface area contributed by atoms with Gasteiger partial charge in [-0.05, 0) is 18.2 Å². The molecular formula is C13H22N4O3S. The molecule has 0 heterocycles. The summed E-state index contributed by atoms with van der Waals surface area (Å²) in [5.74, 6) is -0.495. The molecule has 0 bridgehead atoms. The fourth-order valence-electron chi connectivity index (χ4n) is 1.70. The minimum atomic E-state index is -3.33. The number of rotatable bonds is 6. The molecule has 3 N–H and O–H groups in total. The lowest BCUT2D eigenvalue weighted by atomic mass is 10.1. The molecule has 0 aromatic heterocycles. The van der Waals surface area contributed by atoms with E-state index in [9.17, 15) is 13.2 Å². The Labute approximate surface area is 125 Å². The van der Waals surface area contributed by atoms with Crippen molar-refractivity contribution >= 4 is 27.3 Å². The minimum Gasteiger partial charge on any atom is -0.399 e. The van der Waals surface area contributed by atoms with Crippen LogP contribution in [0.15, 0.2) is 18.2 Å². The van der Waals surface area contributed by atoms with Crippen molar-refractivity contribution in [1.29, 1.82) is 0 Å². The van der Waals surface area contributed by atoms with Crippen molar-refractivity contribution in [2.24, 2.45) is 0 Å². The van der Waals surface area contributed by atoms with E-state index in [0.717, 1.165) is 9.99 Å². The van der Waals surface area contributed by atoms with Gasteiger partial charge in [0.15, 0.2) is 0 Å². The summed E-state index contributed by atoms with van der Waals surface area (Å²) in [5, 5.41) is 2.61. The van der Waals surface area contributed by atoms with Gasteiger partial charge in [-0.15, -0.1) is 0 Å². The van der Waals surface area contributed by atoms with E-state index in [1.165, 1.54) is 14.1 Å². The highest BCUT2D eigenvalue weighted by Crippen LogP contribution is 2.21. The van der Waals surface area contributed by atoms with Crippen LogP contribution in [0.3, 0.4) is 0 Å². The second-order valence-electron chi connectivity index (χ2n) is 5.03. The highest BCUT2D eigenvalue weighted by atomic mass is 32.2. The van der Waals surface area contributed by atoms with Crippen LogP contribution in [0.5, 0.6) is 0 Å². The van der Waals surface area contributed by atoms with Gasteiger partial charge in [0.1, 0.15) is 0 Å². The highest BCUT2D eigenvalue weighted by molar-refractivity contribution is 7.89. The van der Waals surface area contributed by atoms with Crippen LogP contribution in [0.1, 0.15) is 10.4 Å². The Morgan fingerprint density at radius 2 is 1.86 bits per heavy atom. The number of nitrogen functional groups attached to an aromatic ring is 1. The van der Waals surface area contributed by atoms with E-state index >= 15 is 0 Å². The summed E-state index contributed by atoms with van der Waals surface area (Å²) in [7, 11) is 3.22. The number of nitrogens with zero attached hydrogens (tertiary/aromatic N) is 2. The van der Waals surface area contributed by atoms with Crippen molar-refractivity contribution in [2.75, 3.05) is 51.1 Å². The highest BCUT2D eigenvalue weighted by Gasteiger charge is 2.16. The average Bonchev–Trinajstić information content (AvgIpc) is 2.37. The van der Waals surface area contributed by atoms with Gasteiger partial charge in [0, 0.05) is 46.1 Å². The van der Waals surface area contributed by atoms with Gasteiger partial charge >= 0.3 is 0 Å². The number of sulfonamides is 1. The maximum Gasteiger partial charge on any atom is 0.253 e.